The molecule has 2 atom stereocenters. The lowest BCUT2D eigenvalue weighted by Crippen LogP contribution is -2.23. The van der Waals surface area contributed by atoms with Crippen LogP contribution in [0.3, 0.4) is 0 Å². The molecule has 1 N–H and O–H groups in total. The van der Waals surface area contributed by atoms with Gasteiger partial charge in [0.2, 0.25) is 0 Å². The lowest BCUT2D eigenvalue weighted by atomic mass is 9.93. The standard InChI is InChI=1S/C15H24ClNO/c1-5-11(3)9-14(17-6-2)13-8-7-12(16)10-15(13)18-4/h7-8,10-11,14,17H,5-6,9H2,1-4H3. The van der Waals surface area contributed by atoms with Crippen LogP contribution in [-0.2, 0) is 0 Å². The second-order valence-corrected chi connectivity index (χ2v) is 5.18. The van der Waals surface area contributed by atoms with Gasteiger partial charge in [-0.2, -0.15) is 0 Å². The van der Waals surface area contributed by atoms with Crippen molar-refractivity contribution in [1.82, 2.24) is 5.32 Å². The van der Waals surface area contributed by atoms with Crippen LogP contribution in [0.2, 0.25) is 5.02 Å². The van der Waals surface area contributed by atoms with Gasteiger partial charge in [0.05, 0.1) is 7.11 Å². The van der Waals surface area contributed by atoms with Crippen molar-refractivity contribution in [3.63, 3.8) is 0 Å². The van der Waals surface area contributed by atoms with Gasteiger partial charge in [0.1, 0.15) is 5.75 Å². The normalized spacial score (nSPS) is 14.3. The molecule has 0 saturated heterocycles. The van der Waals surface area contributed by atoms with Crippen LogP contribution in [0.15, 0.2) is 18.2 Å². The van der Waals surface area contributed by atoms with Crippen molar-refractivity contribution in [3.05, 3.63) is 28.8 Å². The molecule has 102 valence electrons. The Bertz CT molecular complexity index is 368. The van der Waals surface area contributed by atoms with Crippen molar-refractivity contribution in [3.8, 4) is 5.75 Å². The summed E-state index contributed by atoms with van der Waals surface area (Å²) in [5, 5.41) is 4.25. The first kappa shape index (κ1) is 15.3. The Kier molecular flexibility index (Phi) is 6.51. The Morgan fingerprint density at radius 3 is 2.61 bits per heavy atom. The largest absolute Gasteiger partial charge is 0.496 e. The number of nitrogens with one attached hydrogen (secondary N) is 1. The second kappa shape index (κ2) is 7.65. The molecule has 0 bridgehead atoms. The third kappa shape index (κ3) is 4.18. The third-order valence-electron chi connectivity index (χ3n) is 3.36. The van der Waals surface area contributed by atoms with Crippen LogP contribution in [0.5, 0.6) is 5.75 Å². The SMILES string of the molecule is CCNC(CC(C)CC)c1ccc(Cl)cc1OC. The zero-order valence-electron chi connectivity index (χ0n) is 11.8. The molecule has 1 aromatic rings. The summed E-state index contributed by atoms with van der Waals surface area (Å²) < 4.78 is 5.44. The van der Waals surface area contributed by atoms with Gasteiger partial charge < -0.3 is 10.1 Å². The van der Waals surface area contributed by atoms with Crippen LogP contribution in [0.25, 0.3) is 0 Å². The summed E-state index contributed by atoms with van der Waals surface area (Å²) in [6.45, 7) is 7.60. The maximum Gasteiger partial charge on any atom is 0.125 e. The van der Waals surface area contributed by atoms with E-state index in [-0.39, 0.29) is 0 Å². The minimum absolute atomic E-state index is 0.331. The number of hydrogen-bond donors (Lipinski definition) is 1. The lowest BCUT2D eigenvalue weighted by molar-refractivity contribution is 0.374. The Hall–Kier alpha value is -0.730. The van der Waals surface area contributed by atoms with Crippen LogP contribution < -0.4 is 10.1 Å². The highest BCUT2D eigenvalue weighted by Gasteiger charge is 2.17. The molecule has 18 heavy (non-hydrogen) atoms. The van der Waals surface area contributed by atoms with E-state index < -0.39 is 0 Å². The highest BCUT2D eigenvalue weighted by Crippen LogP contribution is 2.32. The molecule has 0 spiro atoms. The molecule has 0 aromatic heterocycles. The van der Waals surface area contributed by atoms with Crippen molar-refractivity contribution < 1.29 is 4.74 Å². The molecular weight excluding hydrogens is 246 g/mol. The first-order chi connectivity index (χ1) is 8.62. The highest BCUT2D eigenvalue weighted by atomic mass is 35.5. The first-order valence-corrected chi connectivity index (χ1v) is 7.06. The molecule has 0 saturated carbocycles. The van der Waals surface area contributed by atoms with Crippen LogP contribution in [-0.4, -0.2) is 13.7 Å². The number of benzene rings is 1. The van der Waals surface area contributed by atoms with Gasteiger partial charge in [-0.15, -0.1) is 0 Å². The summed E-state index contributed by atoms with van der Waals surface area (Å²) >= 11 is 6.01. The third-order valence-corrected chi connectivity index (χ3v) is 3.59. The van der Waals surface area contributed by atoms with Crippen molar-refractivity contribution >= 4 is 11.6 Å². The van der Waals surface area contributed by atoms with E-state index in [1.807, 2.05) is 12.1 Å². The van der Waals surface area contributed by atoms with Gasteiger partial charge in [-0.25, -0.2) is 0 Å². The summed E-state index contributed by atoms with van der Waals surface area (Å²) in [5.74, 6) is 1.56. The van der Waals surface area contributed by atoms with Crippen molar-refractivity contribution in [2.24, 2.45) is 5.92 Å². The summed E-state index contributed by atoms with van der Waals surface area (Å²) in [7, 11) is 1.70. The Morgan fingerprint density at radius 1 is 1.33 bits per heavy atom. The average molecular weight is 270 g/mol. The van der Waals surface area contributed by atoms with E-state index in [4.69, 9.17) is 16.3 Å². The second-order valence-electron chi connectivity index (χ2n) is 4.75. The zero-order chi connectivity index (χ0) is 13.5. The van der Waals surface area contributed by atoms with Gasteiger partial charge in [-0.05, 0) is 31.0 Å². The average Bonchev–Trinajstić information content (AvgIpc) is 2.37. The fraction of sp³-hybridized carbons (Fsp3) is 0.600. The minimum Gasteiger partial charge on any atom is -0.496 e. The van der Waals surface area contributed by atoms with Crippen molar-refractivity contribution in [1.29, 1.82) is 0 Å². The molecule has 1 rings (SSSR count). The van der Waals surface area contributed by atoms with Crippen LogP contribution in [0.1, 0.15) is 45.2 Å². The molecule has 1 aromatic carbocycles. The van der Waals surface area contributed by atoms with E-state index in [1.165, 1.54) is 12.0 Å². The molecule has 0 amide bonds. The van der Waals surface area contributed by atoms with Gasteiger partial charge in [0, 0.05) is 16.6 Å². The molecule has 0 aliphatic heterocycles. The maximum absolute atomic E-state index is 6.01. The molecule has 0 aliphatic carbocycles. The predicted molar refractivity (Wildman–Crippen MR) is 78.5 cm³/mol. The number of hydrogen-bond acceptors (Lipinski definition) is 2. The molecule has 0 heterocycles. The molecule has 0 aliphatic rings. The Balaban J connectivity index is 2.96. The van der Waals surface area contributed by atoms with E-state index in [9.17, 15) is 0 Å². The molecule has 3 heteroatoms. The topological polar surface area (TPSA) is 21.3 Å². The Morgan fingerprint density at radius 2 is 2.06 bits per heavy atom. The summed E-state index contributed by atoms with van der Waals surface area (Å²) in [6.07, 6.45) is 2.31. The molecule has 2 nitrogen and oxygen atoms in total. The number of halogens is 1. The number of methoxy groups -OCH3 is 1. The van der Waals surface area contributed by atoms with E-state index in [2.05, 4.69) is 32.2 Å². The van der Waals surface area contributed by atoms with Gasteiger partial charge in [-0.3, -0.25) is 0 Å². The summed E-state index contributed by atoms with van der Waals surface area (Å²) in [4.78, 5) is 0. The van der Waals surface area contributed by atoms with E-state index in [0.717, 1.165) is 23.7 Å². The smallest absolute Gasteiger partial charge is 0.125 e. The number of rotatable bonds is 7. The van der Waals surface area contributed by atoms with Gasteiger partial charge >= 0.3 is 0 Å². The molecule has 2 unspecified atom stereocenters. The molecule has 0 radical (unpaired) electrons. The van der Waals surface area contributed by atoms with E-state index in [1.54, 1.807) is 7.11 Å². The van der Waals surface area contributed by atoms with E-state index >= 15 is 0 Å². The predicted octanol–water partition coefficient (Wildman–Crippen LogP) is 4.44. The first-order valence-electron chi connectivity index (χ1n) is 6.69. The fourth-order valence-corrected chi connectivity index (χ4v) is 2.27. The quantitative estimate of drug-likeness (QED) is 0.790. The van der Waals surface area contributed by atoms with Crippen LogP contribution in [0.4, 0.5) is 0 Å². The summed E-state index contributed by atoms with van der Waals surface area (Å²) in [6, 6.07) is 6.21. The number of ether oxygens (including phenoxy) is 1. The van der Waals surface area contributed by atoms with Gasteiger partial charge in [-0.1, -0.05) is 44.9 Å². The minimum atomic E-state index is 0.331. The Labute approximate surface area is 116 Å². The van der Waals surface area contributed by atoms with Gasteiger partial charge in [0.25, 0.3) is 0 Å². The van der Waals surface area contributed by atoms with Crippen LogP contribution >= 0.6 is 11.6 Å². The zero-order valence-corrected chi connectivity index (χ0v) is 12.6. The fourth-order valence-electron chi connectivity index (χ4n) is 2.11. The van der Waals surface area contributed by atoms with Crippen molar-refractivity contribution in [2.75, 3.05) is 13.7 Å². The molecular formula is C15H24ClNO. The van der Waals surface area contributed by atoms with Crippen molar-refractivity contribution in [2.45, 2.75) is 39.7 Å². The summed E-state index contributed by atoms with van der Waals surface area (Å²) in [5.41, 5.74) is 1.20. The van der Waals surface area contributed by atoms with E-state index in [0.29, 0.717) is 12.0 Å². The van der Waals surface area contributed by atoms with Gasteiger partial charge in [0.15, 0.2) is 0 Å². The van der Waals surface area contributed by atoms with Crippen LogP contribution in [0, 0.1) is 5.92 Å². The lowest BCUT2D eigenvalue weighted by Gasteiger charge is -2.23. The molecule has 0 fully saturated rings. The highest BCUT2D eigenvalue weighted by molar-refractivity contribution is 6.30. The maximum atomic E-state index is 6.01. The monoisotopic (exact) mass is 269 g/mol.